The molecule has 0 unspecified atom stereocenters. The van der Waals surface area contributed by atoms with Gasteiger partial charge in [0.2, 0.25) is 0 Å². The van der Waals surface area contributed by atoms with Crippen LogP contribution in [0.25, 0.3) is 0 Å². The Morgan fingerprint density at radius 2 is 1.95 bits per heavy atom. The van der Waals surface area contributed by atoms with Crippen molar-refractivity contribution in [1.29, 1.82) is 0 Å². The molecule has 0 aromatic carbocycles. The van der Waals surface area contributed by atoms with Gasteiger partial charge in [0.05, 0.1) is 5.54 Å². The second-order valence-electron chi connectivity index (χ2n) is 7.90. The molecule has 0 spiro atoms. The molecule has 3 nitrogen and oxygen atoms in total. The van der Waals surface area contributed by atoms with Crippen molar-refractivity contribution in [3.05, 3.63) is 30.1 Å². The fourth-order valence-electron chi connectivity index (χ4n) is 3.34. The summed E-state index contributed by atoms with van der Waals surface area (Å²) in [5, 5.41) is 0. The van der Waals surface area contributed by atoms with Crippen LogP contribution in [0.3, 0.4) is 0 Å². The Balaban J connectivity index is 2.21. The molecule has 2 rings (SSSR count). The minimum absolute atomic E-state index is 0.0205. The van der Waals surface area contributed by atoms with Gasteiger partial charge in [-0.3, -0.25) is 14.8 Å². The van der Waals surface area contributed by atoms with Crippen LogP contribution in [0.2, 0.25) is 0 Å². The van der Waals surface area contributed by atoms with Crippen LogP contribution in [0.1, 0.15) is 65.9 Å². The molecule has 1 aromatic heterocycles. The number of ketones is 1. The third-order valence-electron chi connectivity index (χ3n) is 4.94. The highest BCUT2D eigenvalue weighted by molar-refractivity contribution is 6.45. The topological polar surface area (TPSA) is 42.3 Å². The fraction of sp³-hybridized carbons (Fsp3) is 0.632. The Hall–Kier alpha value is -1.51. The molecule has 120 valence electrons. The number of rotatable bonds is 3. The second kappa shape index (κ2) is 6.31. The minimum atomic E-state index is -0.126. The first-order valence-corrected chi connectivity index (χ1v) is 8.22. The van der Waals surface area contributed by atoms with Crippen LogP contribution in [0.4, 0.5) is 0 Å². The summed E-state index contributed by atoms with van der Waals surface area (Å²) in [5.74, 6) is 0.766. The van der Waals surface area contributed by atoms with E-state index in [1.807, 2.05) is 12.1 Å². The van der Waals surface area contributed by atoms with Gasteiger partial charge < -0.3 is 0 Å². The quantitative estimate of drug-likeness (QED) is 0.774. The van der Waals surface area contributed by atoms with E-state index in [4.69, 9.17) is 4.99 Å². The van der Waals surface area contributed by atoms with Gasteiger partial charge in [-0.15, -0.1) is 0 Å². The van der Waals surface area contributed by atoms with Crippen molar-refractivity contribution < 1.29 is 4.79 Å². The Bertz CT molecular complexity index is 547. The number of hydrogen-bond donors (Lipinski definition) is 0. The summed E-state index contributed by atoms with van der Waals surface area (Å²) in [6.07, 6.45) is 7.91. The van der Waals surface area contributed by atoms with Gasteiger partial charge in [0.1, 0.15) is 5.71 Å². The van der Waals surface area contributed by atoms with Gasteiger partial charge in [0.25, 0.3) is 0 Å². The summed E-state index contributed by atoms with van der Waals surface area (Å²) in [6.45, 7) is 10.7. The highest BCUT2D eigenvalue weighted by Crippen LogP contribution is 2.42. The molecular weight excluding hydrogens is 272 g/mol. The number of hydrogen-bond acceptors (Lipinski definition) is 3. The average molecular weight is 300 g/mol. The summed E-state index contributed by atoms with van der Waals surface area (Å²) in [7, 11) is 0. The van der Waals surface area contributed by atoms with E-state index >= 15 is 0 Å². The molecule has 1 aliphatic carbocycles. The first kappa shape index (κ1) is 16.9. The monoisotopic (exact) mass is 300 g/mol. The van der Waals surface area contributed by atoms with Crippen LogP contribution >= 0.6 is 0 Å². The van der Waals surface area contributed by atoms with Gasteiger partial charge in [0, 0.05) is 24.9 Å². The van der Waals surface area contributed by atoms with Crippen LogP contribution in [0, 0.1) is 11.3 Å². The molecule has 0 radical (unpaired) electrons. The maximum absolute atomic E-state index is 12.0. The molecule has 22 heavy (non-hydrogen) atoms. The van der Waals surface area contributed by atoms with Crippen LogP contribution in [0.15, 0.2) is 29.5 Å². The normalized spacial score (nSPS) is 26.8. The van der Waals surface area contributed by atoms with Gasteiger partial charge in [-0.1, -0.05) is 20.8 Å². The first-order valence-electron chi connectivity index (χ1n) is 8.22. The Kier molecular flexibility index (Phi) is 4.84. The maximum atomic E-state index is 12.0. The van der Waals surface area contributed by atoms with Gasteiger partial charge in [-0.25, -0.2) is 0 Å². The van der Waals surface area contributed by atoms with Crippen LogP contribution in [0.5, 0.6) is 0 Å². The summed E-state index contributed by atoms with van der Waals surface area (Å²) in [6, 6.07) is 3.77. The molecule has 0 N–H and O–H groups in total. The van der Waals surface area contributed by atoms with E-state index in [1.54, 1.807) is 19.3 Å². The van der Waals surface area contributed by atoms with Crippen LogP contribution in [-0.2, 0) is 4.79 Å². The zero-order chi connectivity index (χ0) is 16.4. The summed E-state index contributed by atoms with van der Waals surface area (Å²) >= 11 is 0. The van der Waals surface area contributed by atoms with Gasteiger partial charge in [0.15, 0.2) is 5.78 Å². The lowest BCUT2D eigenvalue weighted by atomic mass is 9.68. The Labute approximate surface area is 134 Å². The summed E-state index contributed by atoms with van der Waals surface area (Å²) in [4.78, 5) is 21.0. The van der Waals surface area contributed by atoms with E-state index in [1.165, 1.54) is 12.8 Å². The van der Waals surface area contributed by atoms with E-state index in [2.05, 4.69) is 32.7 Å². The molecule has 0 amide bonds. The van der Waals surface area contributed by atoms with E-state index in [0.29, 0.717) is 11.1 Å². The summed E-state index contributed by atoms with van der Waals surface area (Å²) < 4.78 is 0. The highest BCUT2D eigenvalue weighted by atomic mass is 16.1. The van der Waals surface area contributed by atoms with Crippen LogP contribution < -0.4 is 0 Å². The molecule has 1 fully saturated rings. The summed E-state index contributed by atoms with van der Waals surface area (Å²) in [5.41, 5.74) is 1.63. The van der Waals surface area contributed by atoms with Crippen molar-refractivity contribution in [2.75, 3.05) is 0 Å². The van der Waals surface area contributed by atoms with Gasteiger partial charge in [-0.2, -0.15) is 0 Å². The first-order chi connectivity index (χ1) is 10.2. The largest absolute Gasteiger partial charge is 0.293 e. The smallest absolute Gasteiger partial charge is 0.178 e. The molecular formula is C19H28N2O. The molecule has 0 bridgehead atoms. The van der Waals surface area contributed by atoms with Crippen LogP contribution in [-0.4, -0.2) is 22.0 Å². The minimum Gasteiger partial charge on any atom is -0.293 e. The van der Waals surface area contributed by atoms with Crippen molar-refractivity contribution in [1.82, 2.24) is 4.98 Å². The Morgan fingerprint density at radius 1 is 1.32 bits per heavy atom. The SMILES string of the molecule is CC(=O)C(=NC1(C)CCC(C(C)(C)C)CC1)c1cccnc1. The predicted molar refractivity (Wildman–Crippen MR) is 91.3 cm³/mol. The van der Waals surface area contributed by atoms with Gasteiger partial charge in [-0.05, 0) is 56.1 Å². The number of aliphatic imine (C=N–C) groups is 1. The van der Waals surface area contributed by atoms with Gasteiger partial charge >= 0.3 is 0 Å². The molecule has 0 saturated heterocycles. The average Bonchev–Trinajstić information content (AvgIpc) is 2.45. The lowest BCUT2D eigenvalue weighted by Crippen LogP contribution is -2.35. The molecule has 1 saturated carbocycles. The number of Topliss-reactive ketones (excluding diaryl/α,β-unsaturated/α-hetero) is 1. The number of pyridine rings is 1. The van der Waals surface area contributed by atoms with E-state index in [-0.39, 0.29) is 11.3 Å². The zero-order valence-electron chi connectivity index (χ0n) is 14.5. The number of aromatic nitrogens is 1. The third-order valence-corrected chi connectivity index (χ3v) is 4.94. The third kappa shape index (κ3) is 4.02. The lowest BCUT2D eigenvalue weighted by molar-refractivity contribution is -0.111. The molecule has 1 aliphatic rings. The molecule has 0 atom stereocenters. The van der Waals surface area contributed by atoms with E-state index < -0.39 is 0 Å². The fourth-order valence-corrected chi connectivity index (χ4v) is 3.34. The molecule has 3 heteroatoms. The number of carbonyl (C=O) groups excluding carboxylic acids is 1. The molecule has 1 aromatic rings. The predicted octanol–water partition coefficient (Wildman–Crippen LogP) is 4.45. The van der Waals surface area contributed by atoms with Crippen molar-refractivity contribution in [2.45, 2.75) is 65.8 Å². The Morgan fingerprint density at radius 3 is 2.41 bits per heavy atom. The van der Waals surface area contributed by atoms with E-state index in [0.717, 1.165) is 24.3 Å². The van der Waals surface area contributed by atoms with Crippen molar-refractivity contribution >= 4 is 11.5 Å². The standard InChI is InChI=1S/C19H28N2O/c1-14(22)17(15-7-6-12-20-13-15)21-19(5)10-8-16(9-11-19)18(2,3)4/h6-7,12-13,16H,8-11H2,1-5H3. The van der Waals surface area contributed by atoms with Crippen molar-refractivity contribution in [2.24, 2.45) is 16.3 Å². The molecule has 0 aliphatic heterocycles. The zero-order valence-corrected chi connectivity index (χ0v) is 14.5. The highest BCUT2D eigenvalue weighted by Gasteiger charge is 2.36. The van der Waals surface area contributed by atoms with Crippen molar-refractivity contribution in [3.8, 4) is 0 Å². The maximum Gasteiger partial charge on any atom is 0.178 e. The lowest BCUT2D eigenvalue weighted by Gasteiger charge is -2.40. The second-order valence-corrected chi connectivity index (χ2v) is 7.90. The molecule has 1 heterocycles. The van der Waals surface area contributed by atoms with E-state index in [9.17, 15) is 4.79 Å². The number of carbonyl (C=O) groups is 1. The van der Waals surface area contributed by atoms with Crippen molar-refractivity contribution in [3.63, 3.8) is 0 Å². The number of nitrogens with zero attached hydrogens (tertiary/aromatic N) is 2.